The molecule has 1 heterocycles. The summed E-state index contributed by atoms with van der Waals surface area (Å²) in [5.41, 5.74) is 0.303. The number of aliphatic hydroxyl groups is 1. The molecular formula is C28H31ClFNO5. The number of ketones is 1. The first-order valence-electron chi connectivity index (χ1n) is 11.7. The summed E-state index contributed by atoms with van der Waals surface area (Å²) in [6, 6.07) is 12.6. The number of nitrogens with zero attached hydrogens (tertiary/aromatic N) is 1. The van der Waals surface area contributed by atoms with Crippen molar-refractivity contribution in [2.75, 3.05) is 20.8 Å². The molecule has 0 saturated heterocycles. The van der Waals surface area contributed by atoms with Gasteiger partial charge in [0.2, 0.25) is 0 Å². The maximum absolute atomic E-state index is 13.7. The Labute approximate surface area is 216 Å². The molecule has 2 aromatic carbocycles. The van der Waals surface area contributed by atoms with Gasteiger partial charge in [-0.05, 0) is 67.8 Å². The van der Waals surface area contributed by atoms with Crippen LogP contribution in [0.3, 0.4) is 0 Å². The molecule has 0 aliphatic carbocycles. The molecular weight excluding hydrogens is 485 g/mol. The Bertz CT molecular complexity index is 1230. The summed E-state index contributed by atoms with van der Waals surface area (Å²) in [5, 5.41) is 11.4. The molecule has 0 aliphatic rings. The van der Waals surface area contributed by atoms with E-state index in [9.17, 15) is 14.3 Å². The van der Waals surface area contributed by atoms with E-state index in [1.165, 1.54) is 26.4 Å². The quantitative estimate of drug-likeness (QED) is 0.295. The Morgan fingerprint density at radius 2 is 1.78 bits per heavy atom. The number of ether oxygens (including phenoxy) is 3. The van der Waals surface area contributed by atoms with Gasteiger partial charge in [-0.1, -0.05) is 25.4 Å². The van der Waals surface area contributed by atoms with Gasteiger partial charge in [0.05, 0.1) is 31.5 Å². The number of hydrogen-bond acceptors (Lipinski definition) is 6. The minimum atomic E-state index is -1.45. The van der Waals surface area contributed by atoms with Crippen molar-refractivity contribution in [2.45, 2.75) is 39.2 Å². The maximum Gasteiger partial charge on any atom is 0.163 e. The SMILES string of the molecule is CCCOc1ccc(C(=O)CC(C)C(C)(O)c2ccc(OC)c(-c3ccc(F)c(Cl)c3)n2)cc1OC. The van der Waals surface area contributed by atoms with E-state index in [0.29, 0.717) is 46.4 Å². The van der Waals surface area contributed by atoms with Crippen LogP contribution in [0, 0.1) is 11.7 Å². The van der Waals surface area contributed by atoms with Gasteiger partial charge < -0.3 is 19.3 Å². The van der Waals surface area contributed by atoms with Gasteiger partial charge in [0.15, 0.2) is 17.3 Å². The highest BCUT2D eigenvalue weighted by molar-refractivity contribution is 6.31. The number of halogens is 2. The summed E-state index contributed by atoms with van der Waals surface area (Å²) in [5.74, 6) is 0.314. The fourth-order valence-corrected chi connectivity index (χ4v) is 3.94. The molecule has 3 aromatic rings. The number of rotatable bonds is 11. The zero-order valence-electron chi connectivity index (χ0n) is 21.1. The lowest BCUT2D eigenvalue weighted by molar-refractivity contribution is -0.00434. The van der Waals surface area contributed by atoms with Gasteiger partial charge in [0, 0.05) is 17.5 Å². The number of hydrogen-bond donors (Lipinski definition) is 1. The highest BCUT2D eigenvalue weighted by Gasteiger charge is 2.34. The number of carbonyl (C=O) groups excluding carboxylic acids is 1. The fraction of sp³-hybridized carbons (Fsp3) is 0.357. The van der Waals surface area contributed by atoms with E-state index in [2.05, 4.69) is 4.98 Å². The summed E-state index contributed by atoms with van der Waals surface area (Å²) < 4.78 is 30.2. The lowest BCUT2D eigenvalue weighted by Crippen LogP contribution is -2.32. The van der Waals surface area contributed by atoms with Crippen LogP contribution in [0.15, 0.2) is 48.5 Å². The van der Waals surface area contributed by atoms with E-state index >= 15 is 0 Å². The number of methoxy groups -OCH3 is 2. The minimum absolute atomic E-state index is 0.0472. The fourth-order valence-electron chi connectivity index (χ4n) is 3.76. The predicted octanol–water partition coefficient (Wildman–Crippen LogP) is 6.46. The second-order valence-corrected chi connectivity index (χ2v) is 9.17. The van der Waals surface area contributed by atoms with Crippen LogP contribution in [-0.2, 0) is 5.60 Å². The standard InChI is InChI=1S/C28H31ClFNO5/c1-6-13-36-23-10-8-18(16-25(23)35-5)22(32)14-17(2)28(3,33)26-12-11-24(34-4)27(31-26)19-7-9-21(30)20(29)15-19/h7-12,15-17,33H,6,13-14H2,1-5H3. The molecule has 192 valence electrons. The average molecular weight is 516 g/mol. The average Bonchev–Trinajstić information content (AvgIpc) is 2.88. The summed E-state index contributed by atoms with van der Waals surface area (Å²) in [6.07, 6.45) is 0.919. The summed E-state index contributed by atoms with van der Waals surface area (Å²) in [7, 11) is 3.02. The van der Waals surface area contributed by atoms with Crippen molar-refractivity contribution in [2.24, 2.45) is 5.92 Å². The molecule has 0 spiro atoms. The first kappa shape index (κ1) is 27.4. The van der Waals surface area contributed by atoms with E-state index in [1.54, 1.807) is 50.2 Å². The number of Topliss-reactive ketones (excluding diaryl/α,β-unsaturated/α-hetero) is 1. The molecule has 2 atom stereocenters. The normalized spacial score (nSPS) is 13.6. The third kappa shape index (κ3) is 5.97. The van der Waals surface area contributed by atoms with Gasteiger partial charge in [-0.15, -0.1) is 0 Å². The zero-order chi connectivity index (χ0) is 26.5. The van der Waals surface area contributed by atoms with Crippen molar-refractivity contribution in [3.05, 3.63) is 70.6 Å². The van der Waals surface area contributed by atoms with Crippen molar-refractivity contribution in [3.63, 3.8) is 0 Å². The monoisotopic (exact) mass is 515 g/mol. The summed E-state index contributed by atoms with van der Waals surface area (Å²) in [6.45, 7) is 5.95. The van der Waals surface area contributed by atoms with E-state index in [-0.39, 0.29) is 17.2 Å². The molecule has 36 heavy (non-hydrogen) atoms. The molecule has 0 amide bonds. The highest BCUT2D eigenvalue weighted by Crippen LogP contribution is 2.37. The molecule has 0 saturated carbocycles. The largest absolute Gasteiger partial charge is 0.494 e. The van der Waals surface area contributed by atoms with Crippen molar-refractivity contribution >= 4 is 17.4 Å². The van der Waals surface area contributed by atoms with Gasteiger partial charge in [0.25, 0.3) is 0 Å². The lowest BCUT2D eigenvalue weighted by atomic mass is 9.82. The Morgan fingerprint density at radius 3 is 2.42 bits per heavy atom. The minimum Gasteiger partial charge on any atom is -0.494 e. The molecule has 6 nitrogen and oxygen atoms in total. The molecule has 0 aliphatic heterocycles. The smallest absolute Gasteiger partial charge is 0.163 e. The molecule has 0 fully saturated rings. The van der Waals surface area contributed by atoms with Gasteiger partial charge >= 0.3 is 0 Å². The van der Waals surface area contributed by atoms with E-state index in [0.717, 1.165) is 6.42 Å². The Balaban J connectivity index is 1.86. The third-order valence-corrected chi connectivity index (χ3v) is 6.48. The van der Waals surface area contributed by atoms with Gasteiger partial charge in [-0.3, -0.25) is 4.79 Å². The molecule has 2 unspecified atom stereocenters. The molecule has 1 N–H and O–H groups in total. The first-order valence-corrected chi connectivity index (χ1v) is 12.1. The molecule has 0 bridgehead atoms. The Kier molecular flexibility index (Phi) is 8.93. The van der Waals surface area contributed by atoms with Crippen LogP contribution in [0.4, 0.5) is 4.39 Å². The number of carbonyl (C=O) groups is 1. The topological polar surface area (TPSA) is 77.9 Å². The van der Waals surface area contributed by atoms with Crippen LogP contribution in [0.5, 0.6) is 17.2 Å². The van der Waals surface area contributed by atoms with Crippen LogP contribution in [0.2, 0.25) is 5.02 Å². The Hall–Kier alpha value is -3.16. The first-order chi connectivity index (χ1) is 17.1. The van der Waals surface area contributed by atoms with Crippen LogP contribution in [0.25, 0.3) is 11.3 Å². The van der Waals surface area contributed by atoms with Crippen molar-refractivity contribution in [3.8, 4) is 28.5 Å². The number of benzene rings is 2. The highest BCUT2D eigenvalue weighted by atomic mass is 35.5. The second kappa shape index (κ2) is 11.7. The second-order valence-electron chi connectivity index (χ2n) is 8.77. The Morgan fingerprint density at radius 1 is 1.08 bits per heavy atom. The van der Waals surface area contributed by atoms with Crippen LogP contribution in [-0.4, -0.2) is 36.7 Å². The van der Waals surface area contributed by atoms with E-state index < -0.39 is 17.3 Å². The molecule has 8 heteroatoms. The van der Waals surface area contributed by atoms with Crippen molar-refractivity contribution < 1.29 is 28.5 Å². The summed E-state index contributed by atoms with van der Waals surface area (Å²) >= 11 is 5.96. The van der Waals surface area contributed by atoms with Crippen LogP contribution >= 0.6 is 11.6 Å². The van der Waals surface area contributed by atoms with E-state index in [1.807, 2.05) is 6.92 Å². The number of pyridine rings is 1. The van der Waals surface area contributed by atoms with Gasteiger partial charge in [-0.25, -0.2) is 9.37 Å². The molecule has 3 rings (SSSR count). The third-order valence-electron chi connectivity index (χ3n) is 6.19. The van der Waals surface area contributed by atoms with E-state index in [4.69, 9.17) is 25.8 Å². The van der Waals surface area contributed by atoms with Crippen LogP contribution < -0.4 is 14.2 Å². The maximum atomic E-state index is 13.7. The van der Waals surface area contributed by atoms with Crippen molar-refractivity contribution in [1.82, 2.24) is 4.98 Å². The lowest BCUT2D eigenvalue weighted by Gasteiger charge is -2.30. The van der Waals surface area contributed by atoms with Gasteiger partial charge in [-0.2, -0.15) is 0 Å². The van der Waals surface area contributed by atoms with Gasteiger partial charge in [0.1, 0.15) is 22.9 Å². The summed E-state index contributed by atoms with van der Waals surface area (Å²) in [4.78, 5) is 17.7. The number of aromatic nitrogens is 1. The molecule has 1 aromatic heterocycles. The van der Waals surface area contributed by atoms with Crippen LogP contribution in [0.1, 0.15) is 49.7 Å². The zero-order valence-corrected chi connectivity index (χ0v) is 21.9. The predicted molar refractivity (Wildman–Crippen MR) is 138 cm³/mol. The molecule has 0 radical (unpaired) electrons. The van der Waals surface area contributed by atoms with Crippen molar-refractivity contribution in [1.29, 1.82) is 0 Å².